The van der Waals surface area contributed by atoms with Gasteiger partial charge in [-0.15, -0.1) is 0 Å². The van der Waals surface area contributed by atoms with E-state index in [2.05, 4.69) is 12.6 Å². The first kappa shape index (κ1) is 18.8. The second kappa shape index (κ2) is 9.69. The Labute approximate surface area is 126 Å². The fourth-order valence-electron chi connectivity index (χ4n) is 1.90. The standard InChI is InChI=1S/C12H13BO3.C2H6.CH4S/c1-3-5-9-8(2)16-11-7-4-6-10(12(9)11)13(14)15;2*1-2/h3-7,14-15H,1-2H3;1-2H3;2H,1H3/b5-3-;;. The summed E-state index contributed by atoms with van der Waals surface area (Å²) >= 11 is 3.53. The predicted octanol–water partition coefficient (Wildman–Crippen LogP) is 3.03. The molecule has 0 amide bonds. The fourth-order valence-corrected chi connectivity index (χ4v) is 1.90. The molecule has 110 valence electrons. The Morgan fingerprint density at radius 2 is 1.80 bits per heavy atom. The minimum Gasteiger partial charge on any atom is -0.461 e. The van der Waals surface area contributed by atoms with Gasteiger partial charge in [-0.3, -0.25) is 0 Å². The second-order valence-electron chi connectivity index (χ2n) is 3.67. The molecule has 0 saturated carbocycles. The van der Waals surface area contributed by atoms with Crippen molar-refractivity contribution in [3.8, 4) is 0 Å². The van der Waals surface area contributed by atoms with Gasteiger partial charge in [0.1, 0.15) is 11.3 Å². The van der Waals surface area contributed by atoms with E-state index >= 15 is 0 Å². The summed E-state index contributed by atoms with van der Waals surface area (Å²) in [6.45, 7) is 7.78. The summed E-state index contributed by atoms with van der Waals surface area (Å²) in [6.07, 6.45) is 5.50. The maximum Gasteiger partial charge on any atom is 0.489 e. The molecule has 0 bridgehead atoms. The fraction of sp³-hybridized carbons (Fsp3) is 0.333. The first-order chi connectivity index (χ1) is 9.65. The van der Waals surface area contributed by atoms with Gasteiger partial charge in [0.25, 0.3) is 0 Å². The zero-order valence-electron chi connectivity index (χ0n) is 12.7. The van der Waals surface area contributed by atoms with Crippen LogP contribution in [0.2, 0.25) is 0 Å². The number of rotatable bonds is 2. The van der Waals surface area contributed by atoms with Crippen molar-refractivity contribution in [3.63, 3.8) is 0 Å². The number of hydrogen-bond acceptors (Lipinski definition) is 4. The van der Waals surface area contributed by atoms with Crippen molar-refractivity contribution < 1.29 is 14.5 Å². The zero-order valence-corrected chi connectivity index (χ0v) is 13.6. The van der Waals surface area contributed by atoms with Gasteiger partial charge in [-0.2, -0.15) is 12.6 Å². The van der Waals surface area contributed by atoms with Gasteiger partial charge in [-0.25, -0.2) is 0 Å². The molecule has 0 unspecified atom stereocenters. The maximum atomic E-state index is 9.31. The Bertz CT molecular complexity index is 547. The van der Waals surface area contributed by atoms with Crippen LogP contribution in [0.15, 0.2) is 28.7 Å². The van der Waals surface area contributed by atoms with Crippen molar-refractivity contribution in [3.05, 3.63) is 35.6 Å². The molecule has 0 spiro atoms. The summed E-state index contributed by atoms with van der Waals surface area (Å²) < 4.78 is 5.57. The normalized spacial score (nSPS) is 9.80. The number of hydrogen-bond donors (Lipinski definition) is 3. The van der Waals surface area contributed by atoms with Crippen LogP contribution >= 0.6 is 12.6 Å². The molecule has 5 heteroatoms. The molecule has 0 saturated heterocycles. The molecule has 20 heavy (non-hydrogen) atoms. The monoisotopic (exact) mass is 294 g/mol. The van der Waals surface area contributed by atoms with Gasteiger partial charge >= 0.3 is 7.12 Å². The van der Waals surface area contributed by atoms with E-state index in [1.165, 1.54) is 0 Å². The largest absolute Gasteiger partial charge is 0.489 e. The van der Waals surface area contributed by atoms with E-state index in [0.29, 0.717) is 11.0 Å². The lowest BCUT2D eigenvalue weighted by Gasteiger charge is -2.01. The SMILES string of the molecule is C/C=C\c1c(C)oc2cccc(B(O)O)c12.CC.CS. The summed E-state index contributed by atoms with van der Waals surface area (Å²) in [4.78, 5) is 0. The summed E-state index contributed by atoms with van der Waals surface area (Å²) in [5, 5.41) is 19.4. The van der Waals surface area contributed by atoms with Crippen molar-refractivity contribution >= 4 is 42.3 Å². The van der Waals surface area contributed by atoms with Gasteiger partial charge in [0, 0.05) is 10.9 Å². The Balaban J connectivity index is 0.000000829. The smallest absolute Gasteiger partial charge is 0.461 e. The Morgan fingerprint density at radius 3 is 2.30 bits per heavy atom. The molecular formula is C15H23BO3S. The molecule has 1 heterocycles. The number of benzene rings is 1. The zero-order chi connectivity index (χ0) is 15.7. The maximum absolute atomic E-state index is 9.31. The minimum atomic E-state index is -1.48. The summed E-state index contributed by atoms with van der Waals surface area (Å²) in [7, 11) is -1.48. The molecule has 1 aromatic carbocycles. The minimum absolute atomic E-state index is 0.474. The average molecular weight is 294 g/mol. The van der Waals surface area contributed by atoms with E-state index in [1.54, 1.807) is 18.4 Å². The molecule has 2 N–H and O–H groups in total. The van der Waals surface area contributed by atoms with Gasteiger partial charge < -0.3 is 14.5 Å². The molecule has 0 aliphatic heterocycles. The molecule has 0 atom stereocenters. The van der Waals surface area contributed by atoms with Crippen LogP contribution in [0.3, 0.4) is 0 Å². The lowest BCUT2D eigenvalue weighted by atomic mass is 9.77. The van der Waals surface area contributed by atoms with Crippen LogP contribution in [0.5, 0.6) is 0 Å². The highest BCUT2D eigenvalue weighted by atomic mass is 32.1. The molecule has 2 rings (SSSR count). The van der Waals surface area contributed by atoms with Gasteiger partial charge in [-0.1, -0.05) is 38.1 Å². The Kier molecular flexibility index (Phi) is 9.13. The molecule has 0 fully saturated rings. The molecule has 3 nitrogen and oxygen atoms in total. The van der Waals surface area contributed by atoms with E-state index in [9.17, 15) is 10.0 Å². The number of fused-ring (bicyclic) bond motifs is 1. The van der Waals surface area contributed by atoms with Gasteiger partial charge in [0.15, 0.2) is 0 Å². The van der Waals surface area contributed by atoms with Crippen molar-refractivity contribution in [2.75, 3.05) is 6.26 Å². The van der Waals surface area contributed by atoms with E-state index in [0.717, 1.165) is 16.7 Å². The third-order valence-corrected chi connectivity index (χ3v) is 2.58. The first-order valence-electron chi connectivity index (χ1n) is 6.60. The van der Waals surface area contributed by atoms with Crippen LogP contribution in [0.25, 0.3) is 17.0 Å². The molecule has 1 aromatic heterocycles. The Hall–Kier alpha value is -1.17. The average Bonchev–Trinajstić information content (AvgIpc) is 2.80. The summed E-state index contributed by atoms with van der Waals surface area (Å²) in [5.74, 6) is 0.779. The number of aryl methyl sites for hydroxylation is 1. The highest BCUT2D eigenvalue weighted by molar-refractivity contribution is 7.79. The molecule has 0 aliphatic rings. The number of thiol groups is 1. The van der Waals surface area contributed by atoms with E-state index in [4.69, 9.17) is 4.42 Å². The molecule has 0 aliphatic carbocycles. The summed E-state index contributed by atoms with van der Waals surface area (Å²) in [6, 6.07) is 5.26. The van der Waals surface area contributed by atoms with Crippen molar-refractivity contribution in [2.45, 2.75) is 27.7 Å². The van der Waals surface area contributed by atoms with Crippen LogP contribution in [-0.4, -0.2) is 23.4 Å². The van der Waals surface area contributed by atoms with Crippen LogP contribution in [-0.2, 0) is 0 Å². The topological polar surface area (TPSA) is 53.6 Å². The first-order valence-corrected chi connectivity index (χ1v) is 7.50. The van der Waals surface area contributed by atoms with Crippen LogP contribution in [0.4, 0.5) is 0 Å². The second-order valence-corrected chi connectivity index (χ2v) is 3.67. The highest BCUT2D eigenvalue weighted by Crippen LogP contribution is 2.25. The van der Waals surface area contributed by atoms with Crippen molar-refractivity contribution in [1.82, 2.24) is 0 Å². The van der Waals surface area contributed by atoms with Crippen LogP contribution in [0, 0.1) is 6.92 Å². The summed E-state index contributed by atoms with van der Waals surface area (Å²) in [5.41, 5.74) is 2.06. The van der Waals surface area contributed by atoms with Crippen LogP contribution < -0.4 is 5.46 Å². The number of allylic oxidation sites excluding steroid dienone is 1. The quantitative estimate of drug-likeness (QED) is 0.589. The molecule has 2 aromatic rings. The lowest BCUT2D eigenvalue weighted by molar-refractivity contribution is 0.426. The van der Waals surface area contributed by atoms with Gasteiger partial charge in [0.05, 0.1) is 0 Å². The predicted molar refractivity (Wildman–Crippen MR) is 91.7 cm³/mol. The van der Waals surface area contributed by atoms with E-state index in [-0.39, 0.29) is 0 Å². The third-order valence-electron chi connectivity index (χ3n) is 2.58. The van der Waals surface area contributed by atoms with Gasteiger partial charge in [-0.05, 0) is 31.6 Å². The Morgan fingerprint density at radius 1 is 1.20 bits per heavy atom. The van der Waals surface area contributed by atoms with Crippen molar-refractivity contribution in [1.29, 1.82) is 0 Å². The molecular weight excluding hydrogens is 271 g/mol. The van der Waals surface area contributed by atoms with Crippen molar-refractivity contribution in [2.24, 2.45) is 0 Å². The molecule has 0 radical (unpaired) electrons. The third kappa shape index (κ3) is 4.17. The lowest BCUT2D eigenvalue weighted by Crippen LogP contribution is -2.30. The van der Waals surface area contributed by atoms with Crippen LogP contribution in [0.1, 0.15) is 32.1 Å². The highest BCUT2D eigenvalue weighted by Gasteiger charge is 2.19. The van der Waals surface area contributed by atoms with E-state index in [1.807, 2.05) is 45.9 Å². The van der Waals surface area contributed by atoms with E-state index < -0.39 is 7.12 Å². The number of furan rings is 1. The van der Waals surface area contributed by atoms with Gasteiger partial charge in [0.2, 0.25) is 0 Å².